The molecule has 3 nitrogen and oxygen atoms in total. The van der Waals surface area contributed by atoms with Crippen molar-refractivity contribution in [2.75, 3.05) is 0 Å². The molecule has 0 fully saturated rings. The second-order valence-corrected chi connectivity index (χ2v) is 6.63. The van der Waals surface area contributed by atoms with Crippen molar-refractivity contribution in [2.45, 2.75) is 32.7 Å². The summed E-state index contributed by atoms with van der Waals surface area (Å²) in [6.45, 7) is 6.84. The smallest absolute Gasteiger partial charge is 0.219 e. The number of hydrogen-bond donors (Lipinski definition) is 1. The van der Waals surface area contributed by atoms with E-state index in [1.165, 1.54) is 0 Å². The Balaban J connectivity index is 2.36. The molecule has 4 heteroatoms. The van der Waals surface area contributed by atoms with E-state index in [1.807, 2.05) is 36.4 Å². The summed E-state index contributed by atoms with van der Waals surface area (Å²) in [6, 6.07) is 11.6. The summed E-state index contributed by atoms with van der Waals surface area (Å²) < 4.78 is 6.81. The molecule has 0 spiro atoms. The minimum Gasteiger partial charge on any atom is -0.439 e. The molecule has 20 heavy (non-hydrogen) atoms. The van der Waals surface area contributed by atoms with Crippen molar-refractivity contribution in [3.8, 4) is 11.6 Å². The lowest BCUT2D eigenvalue weighted by Gasteiger charge is -2.19. The Morgan fingerprint density at radius 1 is 1.20 bits per heavy atom. The average Bonchev–Trinajstić information content (AvgIpc) is 2.37. The third kappa shape index (κ3) is 3.81. The summed E-state index contributed by atoms with van der Waals surface area (Å²) in [5.74, 6) is 1.33. The van der Waals surface area contributed by atoms with Gasteiger partial charge in [-0.2, -0.15) is 0 Å². The third-order valence-corrected chi connectivity index (χ3v) is 3.38. The number of halogens is 1. The number of hydrogen-bond acceptors (Lipinski definition) is 3. The molecule has 2 rings (SSSR count). The quantitative estimate of drug-likeness (QED) is 0.905. The van der Waals surface area contributed by atoms with E-state index in [9.17, 15) is 0 Å². The van der Waals surface area contributed by atoms with Crippen LogP contribution in [0.25, 0.3) is 0 Å². The van der Waals surface area contributed by atoms with Gasteiger partial charge >= 0.3 is 0 Å². The number of nitrogens with two attached hydrogens (primary N) is 1. The molecule has 0 bridgehead atoms. The molecule has 0 amide bonds. The highest BCUT2D eigenvalue weighted by Crippen LogP contribution is 2.28. The van der Waals surface area contributed by atoms with Crippen LogP contribution < -0.4 is 10.5 Å². The Hall–Kier alpha value is -1.39. The zero-order chi connectivity index (χ0) is 14.8. The van der Waals surface area contributed by atoms with Crippen LogP contribution in [0.3, 0.4) is 0 Å². The molecular formula is C16H19BrN2O. The predicted octanol–water partition coefficient (Wildman–Crippen LogP) is 4.39. The fourth-order valence-corrected chi connectivity index (χ4v) is 2.14. The molecule has 2 aromatic rings. The Morgan fingerprint density at radius 2 is 1.95 bits per heavy atom. The molecule has 0 radical (unpaired) electrons. The molecule has 0 saturated heterocycles. The van der Waals surface area contributed by atoms with E-state index in [0.717, 1.165) is 21.5 Å². The van der Waals surface area contributed by atoms with E-state index in [1.54, 1.807) is 0 Å². The van der Waals surface area contributed by atoms with E-state index in [4.69, 9.17) is 10.5 Å². The summed E-state index contributed by atoms with van der Waals surface area (Å²) in [7, 11) is 0. The van der Waals surface area contributed by atoms with Gasteiger partial charge in [-0.1, -0.05) is 42.8 Å². The lowest BCUT2D eigenvalue weighted by Crippen LogP contribution is -2.15. The van der Waals surface area contributed by atoms with Gasteiger partial charge in [0, 0.05) is 22.5 Å². The van der Waals surface area contributed by atoms with Crippen molar-refractivity contribution in [3.63, 3.8) is 0 Å². The van der Waals surface area contributed by atoms with E-state index in [0.29, 0.717) is 12.4 Å². The largest absolute Gasteiger partial charge is 0.439 e. The van der Waals surface area contributed by atoms with Crippen molar-refractivity contribution in [1.29, 1.82) is 0 Å². The molecular weight excluding hydrogens is 316 g/mol. The summed E-state index contributed by atoms with van der Waals surface area (Å²) in [5, 5.41) is 0. The number of benzene rings is 1. The molecule has 2 N–H and O–H groups in total. The topological polar surface area (TPSA) is 48.1 Å². The number of pyridine rings is 1. The highest BCUT2D eigenvalue weighted by Gasteiger charge is 2.17. The van der Waals surface area contributed by atoms with Gasteiger partial charge in [0.1, 0.15) is 5.75 Å². The van der Waals surface area contributed by atoms with Gasteiger partial charge in [0.25, 0.3) is 0 Å². The van der Waals surface area contributed by atoms with Gasteiger partial charge in [0.15, 0.2) is 0 Å². The molecule has 0 atom stereocenters. The van der Waals surface area contributed by atoms with Crippen LogP contribution >= 0.6 is 15.9 Å². The highest BCUT2D eigenvalue weighted by atomic mass is 79.9. The highest BCUT2D eigenvalue weighted by molar-refractivity contribution is 9.10. The summed E-state index contributed by atoms with van der Waals surface area (Å²) in [5.41, 5.74) is 7.72. The van der Waals surface area contributed by atoms with Gasteiger partial charge in [0.05, 0.1) is 5.69 Å². The first-order valence-corrected chi connectivity index (χ1v) is 7.33. The molecule has 0 saturated carbocycles. The average molecular weight is 335 g/mol. The first-order chi connectivity index (χ1) is 9.38. The maximum Gasteiger partial charge on any atom is 0.219 e. The van der Waals surface area contributed by atoms with Gasteiger partial charge in [-0.3, -0.25) is 0 Å². The van der Waals surface area contributed by atoms with Crippen molar-refractivity contribution in [1.82, 2.24) is 4.98 Å². The van der Waals surface area contributed by atoms with Gasteiger partial charge in [-0.05, 0) is 29.8 Å². The van der Waals surface area contributed by atoms with Crippen molar-refractivity contribution in [3.05, 3.63) is 52.1 Å². The molecule has 1 aromatic heterocycles. The summed E-state index contributed by atoms with van der Waals surface area (Å²) >= 11 is 3.43. The maximum absolute atomic E-state index is 5.84. The molecule has 1 aromatic carbocycles. The maximum atomic E-state index is 5.84. The normalized spacial score (nSPS) is 11.4. The van der Waals surface area contributed by atoms with E-state index < -0.39 is 0 Å². The van der Waals surface area contributed by atoms with Crippen LogP contribution in [0.4, 0.5) is 0 Å². The van der Waals surface area contributed by atoms with Crippen LogP contribution in [0.15, 0.2) is 40.9 Å². The van der Waals surface area contributed by atoms with Crippen LogP contribution in [0, 0.1) is 0 Å². The first kappa shape index (κ1) is 15.0. The lowest BCUT2D eigenvalue weighted by molar-refractivity contribution is 0.450. The molecule has 0 aliphatic carbocycles. The standard InChI is InChI=1S/C16H19BrN2O/c1-16(2,3)14-7-11(10-18)8-15(19-14)20-13-6-4-5-12(17)9-13/h4-9H,10,18H2,1-3H3. The Labute approximate surface area is 128 Å². The van der Waals surface area contributed by atoms with Crippen LogP contribution in [0.5, 0.6) is 11.6 Å². The molecule has 0 aliphatic heterocycles. The van der Waals surface area contributed by atoms with Crippen LogP contribution in [-0.4, -0.2) is 4.98 Å². The fraction of sp³-hybridized carbons (Fsp3) is 0.312. The predicted molar refractivity (Wildman–Crippen MR) is 85.0 cm³/mol. The first-order valence-electron chi connectivity index (χ1n) is 6.53. The molecule has 0 aliphatic rings. The SMILES string of the molecule is CC(C)(C)c1cc(CN)cc(Oc2cccc(Br)c2)n1. The van der Waals surface area contributed by atoms with Crippen LogP contribution in [0.2, 0.25) is 0 Å². The van der Waals surface area contributed by atoms with E-state index in [-0.39, 0.29) is 5.41 Å². The lowest BCUT2D eigenvalue weighted by atomic mass is 9.91. The van der Waals surface area contributed by atoms with E-state index >= 15 is 0 Å². The van der Waals surface area contributed by atoms with Crippen molar-refractivity contribution in [2.24, 2.45) is 5.73 Å². The zero-order valence-corrected chi connectivity index (χ0v) is 13.6. The molecule has 0 unspecified atom stereocenters. The van der Waals surface area contributed by atoms with E-state index in [2.05, 4.69) is 41.7 Å². The summed E-state index contributed by atoms with van der Waals surface area (Å²) in [4.78, 5) is 4.58. The Morgan fingerprint density at radius 3 is 2.55 bits per heavy atom. The fourth-order valence-electron chi connectivity index (χ4n) is 1.76. The van der Waals surface area contributed by atoms with Crippen molar-refractivity contribution >= 4 is 15.9 Å². The van der Waals surface area contributed by atoms with Gasteiger partial charge in [-0.15, -0.1) is 0 Å². The summed E-state index contributed by atoms with van der Waals surface area (Å²) in [6.07, 6.45) is 0. The number of nitrogens with zero attached hydrogens (tertiary/aromatic N) is 1. The minimum atomic E-state index is -0.0411. The monoisotopic (exact) mass is 334 g/mol. The van der Waals surface area contributed by atoms with Gasteiger partial charge in [0.2, 0.25) is 5.88 Å². The number of ether oxygens (including phenoxy) is 1. The molecule has 106 valence electrons. The second kappa shape index (κ2) is 5.94. The Kier molecular flexibility index (Phi) is 4.45. The number of rotatable bonds is 3. The third-order valence-electron chi connectivity index (χ3n) is 2.88. The van der Waals surface area contributed by atoms with Crippen LogP contribution in [-0.2, 0) is 12.0 Å². The van der Waals surface area contributed by atoms with Gasteiger partial charge < -0.3 is 10.5 Å². The second-order valence-electron chi connectivity index (χ2n) is 5.71. The minimum absolute atomic E-state index is 0.0411. The number of aromatic nitrogens is 1. The zero-order valence-electron chi connectivity index (χ0n) is 12.0. The van der Waals surface area contributed by atoms with Crippen LogP contribution in [0.1, 0.15) is 32.0 Å². The van der Waals surface area contributed by atoms with Gasteiger partial charge in [-0.25, -0.2) is 4.98 Å². The van der Waals surface area contributed by atoms with Crippen molar-refractivity contribution < 1.29 is 4.74 Å². The Bertz CT molecular complexity index is 606. The molecule has 1 heterocycles.